The number of carbonyl (C=O) groups is 2. The van der Waals surface area contributed by atoms with E-state index in [0.29, 0.717) is 23.5 Å². The molecule has 30 heavy (non-hydrogen) atoms. The highest BCUT2D eigenvalue weighted by Crippen LogP contribution is 2.23. The van der Waals surface area contributed by atoms with Gasteiger partial charge in [-0.1, -0.05) is 18.2 Å². The first kappa shape index (κ1) is 20.7. The quantitative estimate of drug-likeness (QED) is 0.523. The van der Waals surface area contributed by atoms with E-state index in [4.69, 9.17) is 0 Å². The van der Waals surface area contributed by atoms with Crippen LogP contribution in [0.25, 0.3) is 6.08 Å². The second kappa shape index (κ2) is 9.97. The van der Waals surface area contributed by atoms with Crippen LogP contribution in [0.15, 0.2) is 73.1 Å². The molecule has 0 aliphatic heterocycles. The largest absolute Gasteiger partial charge is 0.386 e. The van der Waals surface area contributed by atoms with Gasteiger partial charge >= 0.3 is 0 Å². The van der Waals surface area contributed by atoms with Gasteiger partial charge in [0, 0.05) is 37.6 Å². The van der Waals surface area contributed by atoms with Crippen molar-refractivity contribution in [1.29, 1.82) is 0 Å². The molecule has 0 spiro atoms. The highest BCUT2D eigenvalue weighted by atomic mass is 19.1. The molecule has 3 N–H and O–H groups in total. The molecule has 1 aromatic heterocycles. The minimum atomic E-state index is -0.437. The second-order valence-electron chi connectivity index (χ2n) is 6.43. The van der Waals surface area contributed by atoms with Crippen molar-refractivity contribution in [3.8, 4) is 0 Å². The average Bonchev–Trinajstić information content (AvgIpc) is 2.77. The van der Waals surface area contributed by atoms with E-state index >= 15 is 0 Å². The predicted octanol–water partition coefficient (Wildman–Crippen LogP) is 3.84. The third kappa shape index (κ3) is 5.75. The molecular weight excluding hydrogens is 383 g/mol. The standard InChI is InChI=1S/C23H21FN4O2/c1-25-20-10-9-19(24)13-21(20)28-23(30)18-7-4-17(5-8-18)15-27-22(29)11-6-16-3-2-12-26-14-16/h2-14,25H,15H2,1H3,(H,27,29)(H,28,30)/b11-6+. The Labute approximate surface area is 173 Å². The summed E-state index contributed by atoms with van der Waals surface area (Å²) in [4.78, 5) is 28.4. The molecule has 2 aromatic carbocycles. The van der Waals surface area contributed by atoms with Gasteiger partial charge in [0.1, 0.15) is 5.82 Å². The summed E-state index contributed by atoms with van der Waals surface area (Å²) < 4.78 is 13.5. The Morgan fingerprint density at radius 1 is 1.07 bits per heavy atom. The lowest BCUT2D eigenvalue weighted by molar-refractivity contribution is -0.116. The molecule has 152 valence electrons. The minimum absolute atomic E-state index is 0.230. The summed E-state index contributed by atoms with van der Waals surface area (Å²) in [7, 11) is 1.69. The fourth-order valence-corrected chi connectivity index (χ4v) is 2.70. The average molecular weight is 404 g/mol. The molecule has 0 unspecified atom stereocenters. The molecule has 6 nitrogen and oxygen atoms in total. The van der Waals surface area contributed by atoms with Crippen LogP contribution in [0.3, 0.4) is 0 Å². The highest BCUT2D eigenvalue weighted by Gasteiger charge is 2.10. The van der Waals surface area contributed by atoms with E-state index < -0.39 is 5.82 Å². The van der Waals surface area contributed by atoms with E-state index in [0.717, 1.165) is 11.1 Å². The molecule has 0 saturated heterocycles. The Hall–Kier alpha value is -4.00. The van der Waals surface area contributed by atoms with Crippen molar-refractivity contribution in [2.45, 2.75) is 6.54 Å². The SMILES string of the molecule is CNc1ccc(F)cc1NC(=O)c1ccc(CNC(=O)/C=C/c2cccnc2)cc1. The smallest absolute Gasteiger partial charge is 0.255 e. The summed E-state index contributed by atoms with van der Waals surface area (Å²) in [5.41, 5.74) is 3.08. The Morgan fingerprint density at radius 2 is 1.87 bits per heavy atom. The number of nitrogens with one attached hydrogen (secondary N) is 3. The number of carbonyl (C=O) groups excluding carboxylic acids is 2. The first-order valence-electron chi connectivity index (χ1n) is 9.28. The summed E-state index contributed by atoms with van der Waals surface area (Å²) in [5.74, 6) is -1.02. The first-order valence-corrected chi connectivity index (χ1v) is 9.28. The van der Waals surface area contributed by atoms with Crippen LogP contribution in [0.5, 0.6) is 0 Å². The Balaban J connectivity index is 1.56. The van der Waals surface area contributed by atoms with Crippen molar-refractivity contribution in [2.24, 2.45) is 0 Å². The molecular formula is C23H21FN4O2. The molecule has 0 bridgehead atoms. The van der Waals surface area contributed by atoms with Gasteiger partial charge in [0.2, 0.25) is 5.91 Å². The van der Waals surface area contributed by atoms with Crippen LogP contribution in [0.1, 0.15) is 21.5 Å². The van der Waals surface area contributed by atoms with Gasteiger partial charge in [-0.15, -0.1) is 0 Å². The van der Waals surface area contributed by atoms with Gasteiger partial charge in [0.15, 0.2) is 0 Å². The lowest BCUT2D eigenvalue weighted by Gasteiger charge is -2.11. The minimum Gasteiger partial charge on any atom is -0.386 e. The number of amides is 2. The first-order chi connectivity index (χ1) is 14.5. The molecule has 0 fully saturated rings. The van der Waals surface area contributed by atoms with Crippen LogP contribution in [-0.2, 0) is 11.3 Å². The molecule has 0 aliphatic carbocycles. The van der Waals surface area contributed by atoms with Crippen LogP contribution < -0.4 is 16.0 Å². The van der Waals surface area contributed by atoms with Gasteiger partial charge in [-0.05, 0) is 53.6 Å². The van der Waals surface area contributed by atoms with Crippen molar-refractivity contribution < 1.29 is 14.0 Å². The summed E-state index contributed by atoms with van der Waals surface area (Å²) in [6.45, 7) is 0.325. The number of hydrogen-bond acceptors (Lipinski definition) is 4. The predicted molar refractivity (Wildman–Crippen MR) is 115 cm³/mol. The lowest BCUT2D eigenvalue weighted by atomic mass is 10.1. The van der Waals surface area contributed by atoms with E-state index in [1.54, 1.807) is 61.9 Å². The molecule has 0 radical (unpaired) electrons. The fourth-order valence-electron chi connectivity index (χ4n) is 2.70. The van der Waals surface area contributed by atoms with Crippen LogP contribution in [0, 0.1) is 5.82 Å². The van der Waals surface area contributed by atoms with E-state index in [1.807, 2.05) is 6.07 Å². The van der Waals surface area contributed by atoms with E-state index in [-0.39, 0.29) is 11.8 Å². The summed E-state index contributed by atoms with van der Waals surface area (Å²) in [6, 6.07) is 14.6. The molecule has 0 aliphatic rings. The van der Waals surface area contributed by atoms with Gasteiger partial charge in [0.25, 0.3) is 5.91 Å². The monoisotopic (exact) mass is 404 g/mol. The molecule has 7 heteroatoms. The number of pyridine rings is 1. The summed E-state index contributed by atoms with van der Waals surface area (Å²) >= 11 is 0. The zero-order chi connectivity index (χ0) is 21.3. The third-order valence-electron chi connectivity index (χ3n) is 4.29. The number of halogens is 1. The maximum atomic E-state index is 13.5. The maximum absolute atomic E-state index is 13.5. The Morgan fingerprint density at radius 3 is 2.57 bits per heavy atom. The van der Waals surface area contributed by atoms with Gasteiger partial charge in [-0.25, -0.2) is 4.39 Å². The zero-order valence-corrected chi connectivity index (χ0v) is 16.4. The van der Waals surface area contributed by atoms with E-state index in [1.165, 1.54) is 18.2 Å². The van der Waals surface area contributed by atoms with Gasteiger partial charge < -0.3 is 16.0 Å². The number of anilines is 2. The molecule has 3 rings (SSSR count). The number of hydrogen-bond donors (Lipinski definition) is 3. The van der Waals surface area contributed by atoms with Crippen molar-refractivity contribution in [1.82, 2.24) is 10.3 Å². The van der Waals surface area contributed by atoms with Crippen LogP contribution >= 0.6 is 0 Å². The second-order valence-corrected chi connectivity index (χ2v) is 6.43. The Kier molecular flexibility index (Phi) is 6.89. The molecule has 3 aromatic rings. The van der Waals surface area contributed by atoms with Crippen molar-refractivity contribution in [3.05, 3.63) is 95.6 Å². The number of aromatic nitrogens is 1. The molecule has 0 saturated carbocycles. The molecule has 0 atom stereocenters. The van der Waals surface area contributed by atoms with E-state index in [2.05, 4.69) is 20.9 Å². The Bertz CT molecular complexity index is 1050. The van der Waals surface area contributed by atoms with Gasteiger partial charge in [-0.3, -0.25) is 14.6 Å². The number of benzene rings is 2. The fraction of sp³-hybridized carbons (Fsp3) is 0.0870. The third-order valence-corrected chi connectivity index (χ3v) is 4.29. The molecule has 1 heterocycles. The van der Waals surface area contributed by atoms with Gasteiger partial charge in [0.05, 0.1) is 11.4 Å². The normalized spacial score (nSPS) is 10.6. The highest BCUT2D eigenvalue weighted by molar-refractivity contribution is 6.05. The summed E-state index contributed by atoms with van der Waals surface area (Å²) in [5, 5.41) is 8.38. The zero-order valence-electron chi connectivity index (χ0n) is 16.4. The number of rotatable bonds is 7. The van der Waals surface area contributed by atoms with Crippen LogP contribution in [0.2, 0.25) is 0 Å². The van der Waals surface area contributed by atoms with E-state index in [9.17, 15) is 14.0 Å². The number of nitrogens with zero attached hydrogens (tertiary/aromatic N) is 1. The van der Waals surface area contributed by atoms with Gasteiger partial charge in [-0.2, -0.15) is 0 Å². The topological polar surface area (TPSA) is 83.1 Å². The van der Waals surface area contributed by atoms with Crippen molar-refractivity contribution in [3.63, 3.8) is 0 Å². The van der Waals surface area contributed by atoms with Crippen molar-refractivity contribution >= 4 is 29.3 Å². The maximum Gasteiger partial charge on any atom is 0.255 e. The van der Waals surface area contributed by atoms with Crippen molar-refractivity contribution in [2.75, 3.05) is 17.7 Å². The molecule has 2 amide bonds. The van der Waals surface area contributed by atoms with Crippen LogP contribution in [-0.4, -0.2) is 23.8 Å². The summed E-state index contributed by atoms with van der Waals surface area (Å²) in [6.07, 6.45) is 6.45. The van der Waals surface area contributed by atoms with Crippen LogP contribution in [0.4, 0.5) is 15.8 Å². The lowest BCUT2D eigenvalue weighted by Crippen LogP contribution is -2.20.